The van der Waals surface area contributed by atoms with Crippen LogP contribution in [0.2, 0.25) is 0 Å². The summed E-state index contributed by atoms with van der Waals surface area (Å²) in [5.74, 6) is 0.699. The topological polar surface area (TPSA) is 25.8 Å². The van der Waals surface area contributed by atoms with Gasteiger partial charge in [0.05, 0.1) is 11.4 Å². The smallest absolute Gasteiger partial charge is 0.160 e. The number of benzene rings is 8. The molecule has 0 aliphatic heterocycles. The Morgan fingerprint density at radius 2 is 0.811 bits per heavy atom. The van der Waals surface area contributed by atoms with E-state index in [1.165, 1.54) is 47.6 Å². The van der Waals surface area contributed by atoms with E-state index in [0.717, 1.165) is 44.8 Å². The minimum Gasteiger partial charge on any atom is -0.228 e. The molecule has 2 aromatic heterocycles. The maximum absolute atomic E-state index is 5.29. The summed E-state index contributed by atoms with van der Waals surface area (Å²) in [5.41, 5.74) is 11.8. The van der Waals surface area contributed by atoms with Crippen LogP contribution in [0.4, 0.5) is 0 Å². The molecule has 0 atom stereocenters. The maximum Gasteiger partial charge on any atom is 0.160 e. The van der Waals surface area contributed by atoms with Gasteiger partial charge >= 0.3 is 0 Å². The molecule has 0 aliphatic rings. The molecule has 10 rings (SSSR count). The van der Waals surface area contributed by atoms with Gasteiger partial charge in [-0.05, 0) is 92.7 Å². The molecule has 10 aromatic rings. The van der Waals surface area contributed by atoms with Gasteiger partial charge in [-0.1, -0.05) is 146 Å². The van der Waals surface area contributed by atoms with Crippen molar-refractivity contribution in [3.63, 3.8) is 0 Å². The van der Waals surface area contributed by atoms with Crippen molar-refractivity contribution < 1.29 is 0 Å². The summed E-state index contributed by atoms with van der Waals surface area (Å²) in [6, 6.07) is 69.4. The highest BCUT2D eigenvalue weighted by atomic mass is 32.1. The molecule has 2 heterocycles. The summed E-state index contributed by atoms with van der Waals surface area (Å²) in [6.45, 7) is 0. The zero-order valence-electron chi connectivity index (χ0n) is 28.8. The minimum atomic E-state index is 0.699. The van der Waals surface area contributed by atoms with Gasteiger partial charge in [-0.2, -0.15) is 0 Å². The third-order valence-corrected chi connectivity index (χ3v) is 11.2. The summed E-state index contributed by atoms with van der Waals surface area (Å²) in [6.07, 6.45) is 0. The molecule has 0 aliphatic carbocycles. The summed E-state index contributed by atoms with van der Waals surface area (Å²) >= 11 is 1.85. The molecule has 0 amide bonds. The second-order valence-corrected chi connectivity index (χ2v) is 14.5. The second kappa shape index (κ2) is 13.1. The lowest BCUT2D eigenvalue weighted by atomic mass is 9.93. The Morgan fingerprint density at radius 3 is 1.58 bits per heavy atom. The molecule has 0 N–H and O–H groups in total. The zero-order chi connectivity index (χ0) is 35.1. The fourth-order valence-corrected chi connectivity index (χ4v) is 8.39. The fraction of sp³-hybridized carbons (Fsp3) is 0. The minimum absolute atomic E-state index is 0.699. The predicted molar refractivity (Wildman–Crippen MR) is 225 cm³/mol. The van der Waals surface area contributed by atoms with Crippen LogP contribution < -0.4 is 0 Å². The van der Waals surface area contributed by atoms with Gasteiger partial charge in [0.2, 0.25) is 0 Å². The van der Waals surface area contributed by atoms with Crippen molar-refractivity contribution in [3.8, 4) is 67.3 Å². The molecule has 0 radical (unpaired) electrons. The lowest BCUT2D eigenvalue weighted by Crippen LogP contribution is -1.96. The van der Waals surface area contributed by atoms with Gasteiger partial charge in [0.1, 0.15) is 0 Å². The van der Waals surface area contributed by atoms with Crippen molar-refractivity contribution in [1.82, 2.24) is 9.97 Å². The van der Waals surface area contributed by atoms with Crippen LogP contribution in [-0.2, 0) is 0 Å². The lowest BCUT2D eigenvalue weighted by molar-refractivity contribution is 1.18. The van der Waals surface area contributed by atoms with Crippen molar-refractivity contribution in [3.05, 3.63) is 194 Å². The molecule has 2 nitrogen and oxygen atoms in total. The Hall–Kier alpha value is -6.68. The first kappa shape index (κ1) is 31.1. The highest BCUT2D eigenvalue weighted by Gasteiger charge is 2.15. The molecule has 0 bridgehead atoms. The van der Waals surface area contributed by atoms with Crippen LogP contribution in [0.15, 0.2) is 194 Å². The van der Waals surface area contributed by atoms with E-state index in [2.05, 4.69) is 182 Å². The van der Waals surface area contributed by atoms with Crippen molar-refractivity contribution in [2.75, 3.05) is 0 Å². The predicted octanol–water partition coefficient (Wildman–Crippen LogP) is 14.0. The van der Waals surface area contributed by atoms with E-state index in [1.54, 1.807) is 0 Å². The van der Waals surface area contributed by atoms with Gasteiger partial charge in [0.25, 0.3) is 0 Å². The molecule has 3 heteroatoms. The normalized spacial score (nSPS) is 11.4. The second-order valence-electron chi connectivity index (χ2n) is 13.4. The first-order valence-electron chi connectivity index (χ1n) is 17.9. The number of hydrogen-bond acceptors (Lipinski definition) is 3. The standard InChI is InChI=1S/C50H32N2S/c1-3-11-33(12-4-1)35-19-22-37(23-20-35)50-51-46(36-14-5-2-6-15-36)32-47(52-50)43-29-41(39-24-21-34-13-7-8-16-38(34)27-39)28-42(30-43)40-25-26-49-45(31-40)44-17-9-10-18-48(44)53-49/h1-32H. The van der Waals surface area contributed by atoms with Crippen LogP contribution in [-0.4, -0.2) is 9.97 Å². The van der Waals surface area contributed by atoms with Crippen LogP contribution in [0.3, 0.4) is 0 Å². The lowest BCUT2D eigenvalue weighted by Gasteiger charge is -2.14. The monoisotopic (exact) mass is 692 g/mol. The van der Waals surface area contributed by atoms with E-state index in [9.17, 15) is 0 Å². The van der Waals surface area contributed by atoms with Gasteiger partial charge < -0.3 is 0 Å². The van der Waals surface area contributed by atoms with E-state index in [1.807, 2.05) is 23.5 Å². The number of fused-ring (bicyclic) bond motifs is 4. The molecule has 0 saturated carbocycles. The maximum atomic E-state index is 5.29. The Labute approximate surface area is 312 Å². The highest BCUT2D eigenvalue weighted by molar-refractivity contribution is 7.25. The average Bonchev–Trinajstić information content (AvgIpc) is 3.62. The van der Waals surface area contributed by atoms with Crippen molar-refractivity contribution in [2.24, 2.45) is 0 Å². The van der Waals surface area contributed by atoms with Gasteiger partial charge in [-0.15, -0.1) is 11.3 Å². The summed E-state index contributed by atoms with van der Waals surface area (Å²) in [7, 11) is 0. The number of aromatic nitrogens is 2. The van der Waals surface area contributed by atoms with Crippen LogP contribution in [0.25, 0.3) is 98.2 Å². The number of hydrogen-bond donors (Lipinski definition) is 0. The van der Waals surface area contributed by atoms with Gasteiger partial charge in [-0.25, -0.2) is 9.97 Å². The Morgan fingerprint density at radius 1 is 0.283 bits per heavy atom. The quantitative estimate of drug-likeness (QED) is 0.173. The largest absolute Gasteiger partial charge is 0.228 e. The molecule has 0 spiro atoms. The molecule has 0 saturated heterocycles. The van der Waals surface area contributed by atoms with Crippen molar-refractivity contribution in [1.29, 1.82) is 0 Å². The van der Waals surface area contributed by atoms with Crippen LogP contribution in [0.5, 0.6) is 0 Å². The van der Waals surface area contributed by atoms with E-state index in [4.69, 9.17) is 9.97 Å². The zero-order valence-corrected chi connectivity index (χ0v) is 29.6. The van der Waals surface area contributed by atoms with E-state index in [-0.39, 0.29) is 0 Å². The van der Waals surface area contributed by atoms with Crippen LogP contribution in [0, 0.1) is 0 Å². The van der Waals surface area contributed by atoms with Gasteiger partial charge in [0, 0.05) is 36.9 Å². The van der Waals surface area contributed by atoms with E-state index < -0.39 is 0 Å². The molecular weight excluding hydrogens is 661 g/mol. The molecule has 53 heavy (non-hydrogen) atoms. The Bertz CT molecular complexity index is 2930. The third kappa shape index (κ3) is 5.97. The fourth-order valence-electron chi connectivity index (χ4n) is 7.31. The first-order chi connectivity index (χ1) is 26.2. The highest BCUT2D eigenvalue weighted by Crippen LogP contribution is 2.39. The number of rotatable bonds is 6. The van der Waals surface area contributed by atoms with Gasteiger partial charge in [-0.3, -0.25) is 0 Å². The van der Waals surface area contributed by atoms with E-state index >= 15 is 0 Å². The Balaban J connectivity index is 1.17. The summed E-state index contributed by atoms with van der Waals surface area (Å²) in [5, 5.41) is 5.04. The molecule has 248 valence electrons. The summed E-state index contributed by atoms with van der Waals surface area (Å²) < 4.78 is 2.61. The van der Waals surface area contributed by atoms with Crippen molar-refractivity contribution in [2.45, 2.75) is 0 Å². The average molecular weight is 693 g/mol. The van der Waals surface area contributed by atoms with Crippen LogP contribution in [0.1, 0.15) is 0 Å². The molecule has 0 fully saturated rings. The SMILES string of the molecule is c1ccc(-c2ccc(-c3nc(-c4ccccc4)cc(-c4cc(-c5ccc6ccccc6c5)cc(-c5ccc6sc7ccccc7c6c5)c4)n3)cc2)cc1. The number of nitrogens with zero attached hydrogens (tertiary/aromatic N) is 2. The van der Waals surface area contributed by atoms with E-state index in [0.29, 0.717) is 5.82 Å². The third-order valence-electron chi connectivity index (χ3n) is 10.1. The molecule has 8 aromatic carbocycles. The van der Waals surface area contributed by atoms with Gasteiger partial charge in [0.15, 0.2) is 5.82 Å². The van der Waals surface area contributed by atoms with Crippen molar-refractivity contribution >= 4 is 42.3 Å². The first-order valence-corrected chi connectivity index (χ1v) is 18.7. The Kier molecular flexibility index (Phi) is 7.71. The number of thiophene rings is 1. The molecular formula is C50H32N2S. The summed E-state index contributed by atoms with van der Waals surface area (Å²) in [4.78, 5) is 10.4. The molecule has 0 unspecified atom stereocenters. The van der Waals surface area contributed by atoms with Crippen LogP contribution >= 0.6 is 11.3 Å².